The second kappa shape index (κ2) is 12.9. The smallest absolute Gasteiger partial charge is 0.404 e. The maximum Gasteiger partial charge on any atom is 0.404 e. The van der Waals surface area contributed by atoms with E-state index in [2.05, 4.69) is 15.6 Å². The van der Waals surface area contributed by atoms with E-state index in [1.165, 1.54) is 4.90 Å². The van der Waals surface area contributed by atoms with Gasteiger partial charge in [0.1, 0.15) is 21.2 Å². The molecule has 2 aliphatic heterocycles. The van der Waals surface area contributed by atoms with E-state index < -0.39 is 35.8 Å². The molecular weight excluding hydrogens is 615 g/mol. The Kier molecular flexibility index (Phi) is 8.53. The van der Waals surface area contributed by atoms with Crippen molar-refractivity contribution in [2.45, 2.75) is 25.8 Å². The summed E-state index contributed by atoms with van der Waals surface area (Å²) in [6.45, 7) is 1.91. The van der Waals surface area contributed by atoms with E-state index in [-0.39, 0.29) is 18.0 Å². The molecule has 46 heavy (non-hydrogen) atoms. The number of ether oxygens (including phenoxy) is 1. The standard InChI is InChI=1S/C32H29FN6O6S/c1-18-16-21(45-20-7-3-2-4-8-20)9-10-23(18)39-24-12-14-34-29-25(24)26(37-31(39)42)27(46-29)28(40)36-19-6-5-15-38(17-19)30(41)22(33)11-13-35-32(43)44/h2-4,7-12,14,16,19,35H,5-6,13,15,17H2,1H3,(H,36,40)(H,37,42)(H,43,44). The number of urea groups is 1. The van der Waals surface area contributed by atoms with Gasteiger partial charge in [-0.2, -0.15) is 0 Å². The Morgan fingerprint density at radius 2 is 1.96 bits per heavy atom. The van der Waals surface area contributed by atoms with Gasteiger partial charge in [-0.15, -0.1) is 11.3 Å². The van der Waals surface area contributed by atoms with E-state index in [0.717, 1.165) is 23.0 Å². The minimum absolute atomic E-state index is 0.0747. The third-order valence-electron chi connectivity index (χ3n) is 7.62. The molecule has 1 unspecified atom stereocenters. The lowest BCUT2D eigenvalue weighted by Gasteiger charge is -2.33. The number of para-hydroxylation sites is 1. The number of nitrogens with one attached hydrogen (secondary N) is 3. The number of thiophene rings is 1. The van der Waals surface area contributed by atoms with Crippen LogP contribution in [0.5, 0.6) is 11.5 Å². The Hall–Kier alpha value is -5.50. The number of aryl methyl sites for hydroxylation is 1. The van der Waals surface area contributed by atoms with Gasteiger partial charge in [0.2, 0.25) is 0 Å². The first-order chi connectivity index (χ1) is 22.2. The third kappa shape index (κ3) is 6.19. The lowest BCUT2D eigenvalue weighted by Crippen LogP contribution is -2.49. The molecule has 0 saturated carbocycles. The summed E-state index contributed by atoms with van der Waals surface area (Å²) in [6, 6.07) is 15.6. The molecule has 1 fully saturated rings. The predicted octanol–water partition coefficient (Wildman–Crippen LogP) is 5.92. The van der Waals surface area contributed by atoms with E-state index in [1.54, 1.807) is 29.3 Å². The number of rotatable bonds is 8. The predicted molar refractivity (Wildman–Crippen MR) is 171 cm³/mol. The number of likely N-dealkylation sites (tertiary alicyclic amines) is 1. The van der Waals surface area contributed by atoms with Crippen molar-refractivity contribution >= 4 is 62.6 Å². The van der Waals surface area contributed by atoms with Gasteiger partial charge in [-0.3, -0.25) is 14.5 Å². The Balaban J connectivity index is 1.21. The van der Waals surface area contributed by atoms with Crippen molar-refractivity contribution in [1.29, 1.82) is 0 Å². The van der Waals surface area contributed by atoms with Crippen LogP contribution >= 0.6 is 11.3 Å². The first-order valence-corrected chi connectivity index (χ1v) is 15.3. The molecule has 1 atom stereocenters. The number of carbonyl (C=O) groups excluding carboxylic acids is 3. The van der Waals surface area contributed by atoms with Crippen molar-refractivity contribution in [3.8, 4) is 11.5 Å². The molecule has 5 amide bonds. The second-order valence-electron chi connectivity index (χ2n) is 10.7. The van der Waals surface area contributed by atoms with Crippen LogP contribution in [-0.2, 0) is 4.79 Å². The normalized spacial score (nSPS) is 16.2. The highest BCUT2D eigenvalue weighted by atomic mass is 32.1. The Morgan fingerprint density at radius 3 is 2.72 bits per heavy atom. The molecule has 6 rings (SSSR count). The van der Waals surface area contributed by atoms with Gasteiger partial charge in [-0.05, 0) is 67.8 Å². The van der Waals surface area contributed by atoms with Gasteiger partial charge in [-0.25, -0.2) is 19.0 Å². The van der Waals surface area contributed by atoms with Crippen molar-refractivity contribution in [2.75, 3.05) is 29.9 Å². The highest BCUT2D eigenvalue weighted by molar-refractivity contribution is 7.21. The molecule has 4 N–H and O–H groups in total. The maximum absolute atomic E-state index is 14.4. The minimum Gasteiger partial charge on any atom is -0.465 e. The molecule has 0 aliphatic carbocycles. The molecule has 12 nitrogen and oxygen atoms in total. The number of nitrogens with zero attached hydrogens (tertiary/aromatic N) is 3. The zero-order valence-corrected chi connectivity index (χ0v) is 25.4. The van der Waals surface area contributed by atoms with Crippen LogP contribution in [0.3, 0.4) is 0 Å². The molecule has 4 aromatic rings. The summed E-state index contributed by atoms with van der Waals surface area (Å²) in [7, 11) is 0. The first-order valence-electron chi connectivity index (χ1n) is 14.5. The van der Waals surface area contributed by atoms with E-state index >= 15 is 0 Å². The average molecular weight is 645 g/mol. The summed E-state index contributed by atoms with van der Waals surface area (Å²) < 4.78 is 20.3. The number of carboxylic acid groups (broad SMARTS) is 1. The topological polar surface area (TPSA) is 153 Å². The number of hydrogen-bond donors (Lipinski definition) is 4. The first kappa shape index (κ1) is 30.5. The van der Waals surface area contributed by atoms with Gasteiger partial charge >= 0.3 is 12.1 Å². The molecule has 0 radical (unpaired) electrons. The van der Waals surface area contributed by atoms with Crippen molar-refractivity contribution in [3.63, 3.8) is 0 Å². The Labute approximate surface area is 266 Å². The highest BCUT2D eigenvalue weighted by Crippen LogP contribution is 2.46. The van der Waals surface area contributed by atoms with Gasteiger partial charge in [0, 0.05) is 31.9 Å². The van der Waals surface area contributed by atoms with Gasteiger partial charge in [0.15, 0.2) is 5.83 Å². The summed E-state index contributed by atoms with van der Waals surface area (Å²) in [5.74, 6) is -1.08. The quantitative estimate of drug-likeness (QED) is 0.174. The van der Waals surface area contributed by atoms with Crippen molar-refractivity contribution in [2.24, 2.45) is 0 Å². The van der Waals surface area contributed by atoms with Crippen LogP contribution in [0.1, 0.15) is 28.1 Å². The summed E-state index contributed by atoms with van der Waals surface area (Å²) in [6.07, 6.45) is 2.22. The van der Waals surface area contributed by atoms with E-state index in [1.807, 2.05) is 48.6 Å². The molecule has 1 saturated heterocycles. The van der Waals surface area contributed by atoms with E-state index in [9.17, 15) is 23.6 Å². The molecule has 236 valence electrons. The van der Waals surface area contributed by atoms with Crippen LogP contribution in [0.15, 0.2) is 72.7 Å². The number of aromatic nitrogens is 1. The number of hydrogen-bond acceptors (Lipinski definition) is 7. The number of halogens is 1. The summed E-state index contributed by atoms with van der Waals surface area (Å²) >= 11 is 1.14. The fourth-order valence-corrected chi connectivity index (χ4v) is 6.57. The fraction of sp³-hybridized carbons (Fsp3) is 0.219. The Morgan fingerprint density at radius 1 is 1.15 bits per heavy atom. The molecule has 4 heterocycles. The van der Waals surface area contributed by atoms with Crippen molar-refractivity contribution in [3.05, 3.63) is 83.1 Å². The van der Waals surface area contributed by atoms with Crippen LogP contribution in [0.4, 0.5) is 31.0 Å². The van der Waals surface area contributed by atoms with Gasteiger partial charge in [-0.1, -0.05) is 18.2 Å². The maximum atomic E-state index is 14.4. The summed E-state index contributed by atoms with van der Waals surface area (Å²) in [5.41, 5.74) is 2.37. The molecule has 14 heteroatoms. The molecule has 2 aromatic carbocycles. The van der Waals surface area contributed by atoms with Crippen molar-refractivity contribution < 1.29 is 33.4 Å². The van der Waals surface area contributed by atoms with Gasteiger partial charge in [0.05, 0.1) is 22.4 Å². The molecule has 2 aliphatic rings. The highest BCUT2D eigenvalue weighted by Gasteiger charge is 2.34. The lowest BCUT2D eigenvalue weighted by atomic mass is 10.0. The van der Waals surface area contributed by atoms with Gasteiger partial charge in [0.25, 0.3) is 11.8 Å². The second-order valence-corrected chi connectivity index (χ2v) is 11.7. The lowest BCUT2D eigenvalue weighted by molar-refractivity contribution is -0.130. The van der Waals surface area contributed by atoms with Crippen molar-refractivity contribution in [1.82, 2.24) is 20.5 Å². The SMILES string of the molecule is Cc1cc(Oc2ccccc2)ccc1N1C(=O)Nc2c(C(=O)NC3CCCN(C(=O)C(F)=CCNC(=O)O)C3)sc3nccc1c23. The molecule has 0 bridgehead atoms. The summed E-state index contributed by atoms with van der Waals surface area (Å²) in [5, 5.41) is 17.1. The summed E-state index contributed by atoms with van der Waals surface area (Å²) in [4.78, 5) is 58.4. The van der Waals surface area contributed by atoms with E-state index in [0.29, 0.717) is 58.2 Å². The zero-order valence-electron chi connectivity index (χ0n) is 24.6. The van der Waals surface area contributed by atoms with Crippen LogP contribution in [0.2, 0.25) is 0 Å². The molecular formula is C32H29FN6O6S. The largest absolute Gasteiger partial charge is 0.465 e. The van der Waals surface area contributed by atoms with Crippen LogP contribution in [-0.4, -0.2) is 64.6 Å². The number of anilines is 3. The molecule has 0 spiro atoms. The third-order valence-corrected chi connectivity index (χ3v) is 8.72. The Bertz CT molecular complexity index is 1880. The van der Waals surface area contributed by atoms with Crippen LogP contribution in [0, 0.1) is 6.92 Å². The number of piperidine rings is 1. The zero-order chi connectivity index (χ0) is 32.4. The molecule has 2 aromatic heterocycles. The number of amides is 5. The van der Waals surface area contributed by atoms with E-state index in [4.69, 9.17) is 9.84 Å². The van der Waals surface area contributed by atoms with Gasteiger partial charge < -0.3 is 30.7 Å². The number of benzene rings is 2. The average Bonchev–Trinajstić information content (AvgIpc) is 3.41. The van der Waals surface area contributed by atoms with Crippen LogP contribution in [0.25, 0.3) is 10.2 Å². The number of pyridine rings is 1. The fourth-order valence-electron chi connectivity index (χ4n) is 5.55. The van der Waals surface area contributed by atoms with Crippen LogP contribution < -0.4 is 25.6 Å². The number of carbonyl (C=O) groups is 4. The monoisotopic (exact) mass is 644 g/mol. The minimum atomic E-state index is -1.33.